The molecule has 1 aliphatic heterocycles. The van der Waals surface area contributed by atoms with Gasteiger partial charge in [0.1, 0.15) is 22.7 Å². The second kappa shape index (κ2) is 18.2. The maximum atomic E-state index is 7.29. The molecule has 3 nitrogen and oxygen atoms in total. The predicted molar refractivity (Wildman–Crippen MR) is 349 cm³/mol. The minimum absolute atomic E-state index is 0.508. The minimum atomic E-state index is -0.650. The molecule has 0 saturated carbocycles. The summed E-state index contributed by atoms with van der Waals surface area (Å²) in [7, 11) is 0. The molecular weight excluding hydrogens is 1030 g/mol. The minimum Gasteiger partial charge on any atom is -0.456 e. The third kappa shape index (κ3) is 6.72. The zero-order valence-corrected chi connectivity index (χ0v) is 46.2. The van der Waals surface area contributed by atoms with Crippen molar-refractivity contribution in [1.29, 1.82) is 0 Å². The SMILES string of the molecule is c1ccc(C2(c3ccccc3)c3ccccc3-c3cc(N(c4ccc(-c5ccc6c(c5)C5(c7ccccc7-6)c6ccc7ccccc7c6Oc6c5ccc5ccccc65)cc4)c4ccc(-c5cccc6oc7ccccc7c56)cc4)ccc32)cc1. The average molecular weight is 1080 g/mol. The molecule has 0 fully saturated rings. The molecule has 15 aromatic rings. The molecule has 0 radical (unpaired) electrons. The number of rotatable bonds is 7. The fraction of sp³-hybridized carbons (Fsp3) is 0.0244. The molecule has 0 bridgehead atoms. The van der Waals surface area contributed by atoms with Gasteiger partial charge in [0.15, 0.2) is 0 Å². The number of para-hydroxylation sites is 1. The first-order valence-electron chi connectivity index (χ1n) is 29.4. The summed E-state index contributed by atoms with van der Waals surface area (Å²) < 4.78 is 13.7. The molecule has 85 heavy (non-hydrogen) atoms. The van der Waals surface area contributed by atoms with Crippen LogP contribution in [0.15, 0.2) is 314 Å². The standard InChI is InChI=1S/C82H51NO2/c1-3-20-57(21-4-1)81(58-22-5-2-6-23-58)70-30-14-12-27-66(70)69-51-61(45-49-72(69)81)83(60-43-36-55(37-44-60)62-29-17-33-77-78(62)68-28-13-16-32-76(68)84-77)59-41-34-52(35-42-59)56-38-46-67-65-26-11-15-31-71(65)82(75(67)50-56)73-47-39-53-18-7-9-24-63(53)79(73)85-80-64-25-10-8-19-54(64)40-48-74(80)82/h1-51H. The van der Waals surface area contributed by atoms with Gasteiger partial charge < -0.3 is 14.1 Å². The third-order valence-electron chi connectivity index (χ3n) is 18.8. The summed E-state index contributed by atoms with van der Waals surface area (Å²) in [5.74, 6) is 1.83. The Morgan fingerprint density at radius 3 is 1.39 bits per heavy atom. The molecule has 3 aliphatic rings. The van der Waals surface area contributed by atoms with E-state index in [9.17, 15) is 0 Å². The normalized spacial score (nSPS) is 13.7. The number of furan rings is 1. The number of ether oxygens (including phenoxy) is 1. The summed E-state index contributed by atoms with van der Waals surface area (Å²) in [6.45, 7) is 0. The maximum Gasteiger partial charge on any atom is 0.140 e. The molecule has 396 valence electrons. The summed E-state index contributed by atoms with van der Waals surface area (Å²) in [4.78, 5) is 2.42. The highest BCUT2D eigenvalue weighted by Crippen LogP contribution is 2.65. The molecule has 0 N–H and O–H groups in total. The van der Waals surface area contributed by atoms with Crippen LogP contribution < -0.4 is 9.64 Å². The molecular formula is C82H51NO2. The van der Waals surface area contributed by atoms with Gasteiger partial charge in [0.2, 0.25) is 0 Å². The highest BCUT2D eigenvalue weighted by Gasteiger charge is 2.52. The van der Waals surface area contributed by atoms with Gasteiger partial charge in [-0.3, -0.25) is 0 Å². The van der Waals surface area contributed by atoms with Crippen molar-refractivity contribution in [3.63, 3.8) is 0 Å². The quantitative estimate of drug-likeness (QED) is 0.159. The van der Waals surface area contributed by atoms with Gasteiger partial charge >= 0.3 is 0 Å². The number of benzene rings is 14. The Balaban J connectivity index is 0.809. The van der Waals surface area contributed by atoms with E-state index in [0.29, 0.717) is 0 Å². The zero-order chi connectivity index (χ0) is 55.8. The van der Waals surface area contributed by atoms with E-state index >= 15 is 0 Å². The van der Waals surface area contributed by atoms with Crippen LogP contribution in [0, 0.1) is 0 Å². The monoisotopic (exact) mass is 1080 g/mol. The van der Waals surface area contributed by atoms with Crippen molar-refractivity contribution in [3.8, 4) is 56.0 Å². The van der Waals surface area contributed by atoms with E-state index in [0.717, 1.165) is 105 Å². The second-order valence-electron chi connectivity index (χ2n) is 22.9. The Kier molecular flexibility index (Phi) is 10.2. The van der Waals surface area contributed by atoms with Crippen LogP contribution >= 0.6 is 0 Å². The first-order chi connectivity index (χ1) is 42.1. The lowest BCUT2D eigenvalue weighted by Gasteiger charge is -2.40. The van der Waals surface area contributed by atoms with Crippen LogP contribution in [0.2, 0.25) is 0 Å². The molecule has 0 saturated heterocycles. The molecule has 2 heterocycles. The van der Waals surface area contributed by atoms with Gasteiger partial charge in [0.05, 0.1) is 10.8 Å². The average Bonchev–Trinajstić information content (AvgIpc) is 1.77. The van der Waals surface area contributed by atoms with E-state index in [4.69, 9.17) is 9.15 Å². The Morgan fingerprint density at radius 2 is 0.729 bits per heavy atom. The Bertz CT molecular complexity index is 5090. The highest BCUT2D eigenvalue weighted by molar-refractivity contribution is 6.12. The zero-order valence-electron chi connectivity index (χ0n) is 46.2. The fourth-order valence-corrected chi connectivity index (χ4v) is 15.2. The van der Waals surface area contributed by atoms with Crippen LogP contribution in [0.5, 0.6) is 11.5 Å². The van der Waals surface area contributed by atoms with Gasteiger partial charge in [-0.15, -0.1) is 0 Å². The van der Waals surface area contributed by atoms with E-state index < -0.39 is 10.8 Å². The van der Waals surface area contributed by atoms with E-state index in [1.54, 1.807) is 0 Å². The lowest BCUT2D eigenvalue weighted by molar-refractivity contribution is 0.447. The van der Waals surface area contributed by atoms with Crippen LogP contribution in [0.4, 0.5) is 17.1 Å². The second-order valence-corrected chi connectivity index (χ2v) is 22.9. The van der Waals surface area contributed by atoms with Gasteiger partial charge in [-0.2, -0.15) is 0 Å². The predicted octanol–water partition coefficient (Wildman–Crippen LogP) is 21.5. The molecule has 2 aliphatic carbocycles. The van der Waals surface area contributed by atoms with Crippen molar-refractivity contribution in [2.75, 3.05) is 4.90 Å². The molecule has 3 heteroatoms. The van der Waals surface area contributed by atoms with Crippen LogP contribution in [0.25, 0.3) is 88.0 Å². The van der Waals surface area contributed by atoms with E-state index in [1.165, 1.54) is 55.6 Å². The smallest absolute Gasteiger partial charge is 0.140 e. The Morgan fingerprint density at radius 1 is 0.259 bits per heavy atom. The molecule has 0 unspecified atom stereocenters. The number of hydrogen-bond donors (Lipinski definition) is 0. The first-order valence-corrected chi connectivity index (χ1v) is 29.4. The Hall–Kier alpha value is -11.0. The van der Waals surface area contributed by atoms with Crippen molar-refractivity contribution >= 4 is 60.5 Å². The van der Waals surface area contributed by atoms with Crippen LogP contribution in [-0.2, 0) is 10.8 Å². The summed E-state index contributed by atoms with van der Waals surface area (Å²) in [6, 6.07) is 114. The number of fused-ring (bicyclic) bond motifs is 19. The van der Waals surface area contributed by atoms with Crippen molar-refractivity contribution in [2.45, 2.75) is 10.8 Å². The van der Waals surface area contributed by atoms with Crippen LogP contribution in [0.3, 0.4) is 0 Å². The van der Waals surface area contributed by atoms with Gasteiger partial charge in [-0.05, 0) is 143 Å². The Labute approximate surface area is 492 Å². The summed E-state index contributed by atoms with van der Waals surface area (Å²) >= 11 is 0. The molecule has 1 aromatic heterocycles. The third-order valence-corrected chi connectivity index (χ3v) is 18.8. The van der Waals surface area contributed by atoms with Crippen LogP contribution in [0.1, 0.15) is 44.5 Å². The van der Waals surface area contributed by atoms with E-state index in [-0.39, 0.29) is 0 Å². The summed E-state index contributed by atoms with van der Waals surface area (Å²) in [6.07, 6.45) is 0. The first kappa shape index (κ1) is 47.6. The number of hydrogen-bond acceptors (Lipinski definition) is 3. The van der Waals surface area contributed by atoms with Crippen molar-refractivity contribution < 1.29 is 9.15 Å². The number of nitrogens with zero attached hydrogens (tertiary/aromatic N) is 1. The molecule has 18 rings (SSSR count). The van der Waals surface area contributed by atoms with E-state index in [1.807, 2.05) is 6.07 Å². The lowest BCUT2D eigenvalue weighted by Crippen LogP contribution is -2.32. The van der Waals surface area contributed by atoms with Crippen molar-refractivity contribution in [1.82, 2.24) is 0 Å². The molecule has 0 atom stereocenters. The van der Waals surface area contributed by atoms with Crippen LogP contribution in [-0.4, -0.2) is 0 Å². The molecule has 14 aromatic carbocycles. The topological polar surface area (TPSA) is 25.6 Å². The fourth-order valence-electron chi connectivity index (χ4n) is 15.2. The largest absolute Gasteiger partial charge is 0.456 e. The summed E-state index contributed by atoms with van der Waals surface area (Å²) in [5, 5.41) is 6.78. The summed E-state index contributed by atoms with van der Waals surface area (Å²) in [5.41, 5.74) is 23.2. The number of anilines is 3. The van der Waals surface area contributed by atoms with E-state index in [2.05, 4.69) is 308 Å². The van der Waals surface area contributed by atoms with Gasteiger partial charge in [0.25, 0.3) is 0 Å². The van der Waals surface area contributed by atoms with Crippen molar-refractivity contribution in [3.05, 3.63) is 354 Å². The van der Waals surface area contributed by atoms with Gasteiger partial charge in [-0.25, -0.2) is 0 Å². The van der Waals surface area contributed by atoms with Crippen molar-refractivity contribution in [2.24, 2.45) is 0 Å². The van der Waals surface area contributed by atoms with Gasteiger partial charge in [0, 0.05) is 49.7 Å². The maximum absolute atomic E-state index is 7.29. The van der Waals surface area contributed by atoms with Gasteiger partial charge in [-0.1, -0.05) is 255 Å². The molecule has 1 spiro atoms. The lowest BCUT2D eigenvalue weighted by atomic mass is 9.65. The highest BCUT2D eigenvalue weighted by atomic mass is 16.5. The molecule has 0 amide bonds.